The number of rotatable bonds is 7. The number of methoxy groups -OCH3 is 1. The van der Waals surface area contributed by atoms with Crippen LogP contribution in [0.1, 0.15) is 44.4 Å². The van der Waals surface area contributed by atoms with E-state index in [0.29, 0.717) is 13.2 Å². The second-order valence-corrected chi connectivity index (χ2v) is 8.46. The number of aryl methyl sites for hydroxylation is 1. The van der Waals surface area contributed by atoms with E-state index in [0.717, 1.165) is 48.6 Å². The number of nitrogens with zero attached hydrogens (tertiary/aromatic N) is 4. The van der Waals surface area contributed by atoms with E-state index in [9.17, 15) is 0 Å². The number of aliphatic imine (C=N–C) groups is 1. The van der Waals surface area contributed by atoms with Crippen LogP contribution in [0.2, 0.25) is 5.02 Å². The zero-order valence-electron chi connectivity index (χ0n) is 17.7. The molecule has 0 radical (unpaired) electrons. The normalized spacial score (nSPS) is 17.1. The number of guanidine groups is 1. The SMILES string of the molecule is CCNC(=NCC(C)(C)c1ccc(Cl)cc1)NC1CCc2nc(COC)nn2C1. The van der Waals surface area contributed by atoms with Crippen LogP contribution < -0.4 is 10.6 Å². The van der Waals surface area contributed by atoms with Gasteiger partial charge < -0.3 is 15.4 Å². The Kier molecular flexibility index (Phi) is 7.14. The van der Waals surface area contributed by atoms with Crippen molar-refractivity contribution in [2.45, 2.75) is 58.2 Å². The first-order chi connectivity index (χ1) is 13.9. The number of benzene rings is 1. The lowest BCUT2D eigenvalue weighted by Crippen LogP contribution is -2.47. The molecule has 7 nitrogen and oxygen atoms in total. The van der Waals surface area contributed by atoms with Gasteiger partial charge >= 0.3 is 0 Å². The molecular weight excluding hydrogens is 388 g/mol. The van der Waals surface area contributed by atoms with E-state index in [1.54, 1.807) is 7.11 Å². The average Bonchev–Trinajstić information content (AvgIpc) is 3.09. The van der Waals surface area contributed by atoms with Gasteiger partial charge in [0.15, 0.2) is 11.8 Å². The van der Waals surface area contributed by atoms with Crippen molar-refractivity contribution in [3.8, 4) is 0 Å². The van der Waals surface area contributed by atoms with E-state index in [1.807, 2.05) is 16.8 Å². The fraction of sp³-hybridized carbons (Fsp3) is 0.571. The van der Waals surface area contributed by atoms with Gasteiger partial charge in [-0.3, -0.25) is 4.99 Å². The fourth-order valence-corrected chi connectivity index (χ4v) is 3.58. The molecule has 0 saturated carbocycles. The number of halogens is 1. The van der Waals surface area contributed by atoms with Crippen LogP contribution in [0.3, 0.4) is 0 Å². The minimum Gasteiger partial charge on any atom is -0.377 e. The molecule has 29 heavy (non-hydrogen) atoms. The van der Waals surface area contributed by atoms with Gasteiger partial charge in [-0.2, -0.15) is 5.10 Å². The van der Waals surface area contributed by atoms with Gasteiger partial charge in [-0.25, -0.2) is 9.67 Å². The van der Waals surface area contributed by atoms with Gasteiger partial charge in [-0.05, 0) is 31.0 Å². The van der Waals surface area contributed by atoms with Crippen molar-refractivity contribution in [2.24, 2.45) is 4.99 Å². The Morgan fingerprint density at radius 1 is 1.34 bits per heavy atom. The molecule has 0 aliphatic carbocycles. The zero-order valence-corrected chi connectivity index (χ0v) is 18.5. The van der Waals surface area contributed by atoms with Crippen molar-refractivity contribution in [1.29, 1.82) is 0 Å². The molecule has 1 unspecified atom stereocenters. The summed E-state index contributed by atoms with van der Waals surface area (Å²) in [6, 6.07) is 8.27. The fourth-order valence-electron chi connectivity index (χ4n) is 3.45. The highest BCUT2D eigenvalue weighted by Gasteiger charge is 2.24. The molecule has 1 aliphatic rings. The molecule has 2 heterocycles. The van der Waals surface area contributed by atoms with Crippen LogP contribution in [0.4, 0.5) is 0 Å². The Morgan fingerprint density at radius 3 is 2.79 bits per heavy atom. The highest BCUT2D eigenvalue weighted by molar-refractivity contribution is 6.30. The summed E-state index contributed by atoms with van der Waals surface area (Å²) in [5.74, 6) is 2.61. The van der Waals surface area contributed by atoms with E-state index < -0.39 is 0 Å². The maximum absolute atomic E-state index is 6.03. The molecule has 0 saturated heterocycles. The van der Waals surface area contributed by atoms with Gasteiger partial charge in [0.2, 0.25) is 0 Å². The quantitative estimate of drug-likeness (QED) is 0.534. The summed E-state index contributed by atoms with van der Waals surface area (Å²) in [4.78, 5) is 9.41. The number of nitrogens with one attached hydrogen (secondary N) is 2. The Morgan fingerprint density at radius 2 is 2.10 bits per heavy atom. The Bertz CT molecular complexity index is 830. The van der Waals surface area contributed by atoms with Crippen LogP contribution >= 0.6 is 11.6 Å². The summed E-state index contributed by atoms with van der Waals surface area (Å²) in [6.07, 6.45) is 1.89. The molecule has 0 bridgehead atoms. The summed E-state index contributed by atoms with van der Waals surface area (Å²) in [5.41, 5.74) is 1.13. The first-order valence-electron chi connectivity index (χ1n) is 10.1. The third-order valence-electron chi connectivity index (χ3n) is 5.12. The summed E-state index contributed by atoms with van der Waals surface area (Å²) in [7, 11) is 1.66. The van der Waals surface area contributed by atoms with Crippen LogP contribution in [0.25, 0.3) is 0 Å². The third kappa shape index (κ3) is 5.70. The predicted octanol–water partition coefficient (Wildman–Crippen LogP) is 2.93. The third-order valence-corrected chi connectivity index (χ3v) is 5.37. The maximum Gasteiger partial charge on any atom is 0.191 e. The van der Waals surface area contributed by atoms with E-state index in [2.05, 4.69) is 53.6 Å². The lowest BCUT2D eigenvalue weighted by molar-refractivity contribution is 0.177. The summed E-state index contributed by atoms with van der Waals surface area (Å²) < 4.78 is 7.13. The van der Waals surface area contributed by atoms with E-state index in [4.69, 9.17) is 21.3 Å². The van der Waals surface area contributed by atoms with Crippen molar-refractivity contribution in [1.82, 2.24) is 25.4 Å². The van der Waals surface area contributed by atoms with Crippen molar-refractivity contribution < 1.29 is 4.74 Å². The lowest BCUT2D eigenvalue weighted by atomic mass is 9.85. The standard InChI is InChI=1S/C21H31ClN6O/c1-5-23-20(24-14-21(2,3)15-6-8-16(22)9-7-15)25-17-10-11-19-26-18(13-29-4)27-28(19)12-17/h6-9,17H,5,10-14H2,1-4H3,(H2,23,24,25). The maximum atomic E-state index is 6.03. The molecule has 3 rings (SSSR count). The van der Waals surface area contributed by atoms with Gasteiger partial charge in [-0.15, -0.1) is 0 Å². The van der Waals surface area contributed by atoms with Crippen molar-refractivity contribution in [2.75, 3.05) is 20.2 Å². The van der Waals surface area contributed by atoms with Crippen molar-refractivity contribution in [3.05, 3.63) is 46.5 Å². The average molecular weight is 419 g/mol. The molecule has 1 aliphatic heterocycles. The second kappa shape index (κ2) is 9.59. The number of aromatic nitrogens is 3. The molecule has 8 heteroatoms. The number of ether oxygens (including phenoxy) is 1. The monoisotopic (exact) mass is 418 g/mol. The van der Waals surface area contributed by atoms with Crippen LogP contribution in [0.5, 0.6) is 0 Å². The summed E-state index contributed by atoms with van der Waals surface area (Å²) in [5, 5.41) is 12.2. The van der Waals surface area contributed by atoms with Crippen LogP contribution in [0, 0.1) is 0 Å². The van der Waals surface area contributed by atoms with Gasteiger partial charge in [0.25, 0.3) is 0 Å². The van der Waals surface area contributed by atoms with Gasteiger partial charge in [-0.1, -0.05) is 37.6 Å². The van der Waals surface area contributed by atoms with Gasteiger partial charge in [0.1, 0.15) is 12.4 Å². The molecule has 0 amide bonds. The van der Waals surface area contributed by atoms with Gasteiger partial charge in [0, 0.05) is 36.6 Å². The Hall–Kier alpha value is -2.12. The zero-order chi connectivity index (χ0) is 20.9. The largest absolute Gasteiger partial charge is 0.377 e. The molecular formula is C21H31ClN6O. The second-order valence-electron chi connectivity index (χ2n) is 8.03. The number of hydrogen-bond acceptors (Lipinski definition) is 4. The van der Waals surface area contributed by atoms with E-state index in [1.165, 1.54) is 5.56 Å². The van der Waals surface area contributed by atoms with Crippen molar-refractivity contribution >= 4 is 17.6 Å². The smallest absolute Gasteiger partial charge is 0.191 e. The summed E-state index contributed by atoms with van der Waals surface area (Å²) >= 11 is 6.03. The molecule has 2 aromatic rings. The van der Waals surface area contributed by atoms with Crippen LogP contribution in [-0.2, 0) is 29.7 Å². The highest BCUT2D eigenvalue weighted by atomic mass is 35.5. The Balaban J connectivity index is 1.65. The van der Waals surface area contributed by atoms with Crippen molar-refractivity contribution in [3.63, 3.8) is 0 Å². The highest BCUT2D eigenvalue weighted by Crippen LogP contribution is 2.25. The molecule has 2 N–H and O–H groups in total. The predicted molar refractivity (Wildman–Crippen MR) is 116 cm³/mol. The minimum atomic E-state index is -0.0897. The molecule has 158 valence electrons. The molecule has 0 fully saturated rings. The Labute approximate surface area is 177 Å². The van der Waals surface area contributed by atoms with E-state index >= 15 is 0 Å². The van der Waals surface area contributed by atoms with Crippen LogP contribution in [-0.4, -0.2) is 47.0 Å². The molecule has 1 atom stereocenters. The number of fused-ring (bicyclic) bond motifs is 1. The van der Waals surface area contributed by atoms with E-state index in [-0.39, 0.29) is 11.5 Å². The van der Waals surface area contributed by atoms with Crippen LogP contribution in [0.15, 0.2) is 29.3 Å². The number of hydrogen-bond donors (Lipinski definition) is 2. The summed E-state index contributed by atoms with van der Waals surface area (Å²) in [6.45, 7) is 9.18. The molecule has 1 aromatic heterocycles. The first-order valence-corrected chi connectivity index (χ1v) is 10.5. The topological polar surface area (TPSA) is 76.4 Å². The molecule has 1 aromatic carbocycles. The minimum absolute atomic E-state index is 0.0897. The first kappa shape index (κ1) is 21.6. The lowest BCUT2D eigenvalue weighted by Gasteiger charge is -2.27. The van der Waals surface area contributed by atoms with Gasteiger partial charge in [0.05, 0.1) is 13.1 Å². The molecule has 0 spiro atoms.